The van der Waals surface area contributed by atoms with Crippen LogP contribution in [0.1, 0.15) is 16.7 Å². The first-order valence-electron chi connectivity index (χ1n) is 10.8. The molecule has 0 unspecified atom stereocenters. The van der Waals surface area contributed by atoms with Gasteiger partial charge in [0, 0.05) is 0 Å². The van der Waals surface area contributed by atoms with Gasteiger partial charge in [-0.3, -0.25) is 14.9 Å². The second-order valence-electron chi connectivity index (χ2n) is 8.08. The van der Waals surface area contributed by atoms with Gasteiger partial charge in [-0.25, -0.2) is 9.69 Å². The first-order valence-corrected chi connectivity index (χ1v) is 12.4. The fourth-order valence-corrected chi connectivity index (χ4v) is 5.19. The summed E-state index contributed by atoms with van der Waals surface area (Å²) in [5, 5.41) is 2.23. The zero-order valence-electron chi connectivity index (χ0n) is 18.8. The van der Waals surface area contributed by atoms with Gasteiger partial charge in [0.25, 0.3) is 11.8 Å². The lowest BCUT2D eigenvalue weighted by atomic mass is 10.1. The summed E-state index contributed by atoms with van der Waals surface area (Å²) in [5.41, 5.74) is 2.64. The van der Waals surface area contributed by atoms with Crippen LogP contribution in [-0.4, -0.2) is 24.6 Å². The minimum absolute atomic E-state index is 0.164. The van der Waals surface area contributed by atoms with Crippen LogP contribution in [-0.2, 0) is 16.2 Å². The number of ether oxygens (including phenoxy) is 3. The van der Waals surface area contributed by atoms with Crippen molar-refractivity contribution >= 4 is 61.5 Å². The molecule has 3 aromatic rings. The van der Waals surface area contributed by atoms with Crippen LogP contribution in [0.4, 0.5) is 10.5 Å². The van der Waals surface area contributed by atoms with Crippen molar-refractivity contribution in [2.75, 3.05) is 11.7 Å². The smallest absolute Gasteiger partial charge is 0.335 e. The molecule has 0 radical (unpaired) electrons. The Balaban J connectivity index is 1.38. The Kier molecular flexibility index (Phi) is 6.55. The van der Waals surface area contributed by atoms with Gasteiger partial charge in [0.15, 0.2) is 11.5 Å². The number of nitrogens with zero attached hydrogens (tertiary/aromatic N) is 1. The summed E-state index contributed by atoms with van der Waals surface area (Å²) in [7, 11) is 0. The number of carbonyl (C=O) groups is 3. The number of anilines is 1. The SMILES string of the molecule is Cc1ccc(N2C(=O)NC(=O)/C(=C\c3cc(Br)c(OCc4ccc5c(c4)OCO5)c(Br)c3)C2=O)cc1. The van der Waals surface area contributed by atoms with E-state index in [9.17, 15) is 14.4 Å². The lowest BCUT2D eigenvalue weighted by Gasteiger charge is -2.26. The van der Waals surface area contributed by atoms with E-state index in [2.05, 4.69) is 37.2 Å². The second kappa shape index (κ2) is 9.79. The average Bonchev–Trinajstić information content (AvgIpc) is 3.30. The number of fused-ring (bicyclic) bond motifs is 1. The fraction of sp³-hybridized carbons (Fsp3) is 0.115. The third-order valence-electron chi connectivity index (χ3n) is 5.55. The van der Waals surface area contributed by atoms with Gasteiger partial charge in [0.2, 0.25) is 6.79 Å². The third kappa shape index (κ3) is 4.74. The Bertz CT molecular complexity index is 1410. The normalized spacial score (nSPS) is 15.9. The van der Waals surface area contributed by atoms with E-state index in [4.69, 9.17) is 14.2 Å². The molecule has 182 valence electrons. The molecule has 1 N–H and O–H groups in total. The zero-order chi connectivity index (χ0) is 25.4. The molecule has 0 aromatic heterocycles. The van der Waals surface area contributed by atoms with E-state index in [0.29, 0.717) is 37.4 Å². The second-order valence-corrected chi connectivity index (χ2v) is 9.79. The number of amides is 4. The molecular formula is C26H18Br2N2O6. The minimum Gasteiger partial charge on any atom is -0.487 e. The molecule has 0 aliphatic carbocycles. The van der Waals surface area contributed by atoms with E-state index in [1.807, 2.05) is 25.1 Å². The van der Waals surface area contributed by atoms with Crippen LogP contribution in [0.5, 0.6) is 17.2 Å². The van der Waals surface area contributed by atoms with E-state index < -0.39 is 17.8 Å². The van der Waals surface area contributed by atoms with Crippen molar-refractivity contribution in [3.8, 4) is 17.2 Å². The average molecular weight is 614 g/mol. The number of nitrogens with one attached hydrogen (secondary N) is 1. The Hall–Kier alpha value is -3.63. The Morgan fingerprint density at radius 2 is 1.67 bits per heavy atom. The van der Waals surface area contributed by atoms with Gasteiger partial charge in [-0.05, 0) is 92.4 Å². The van der Waals surface area contributed by atoms with E-state index in [0.717, 1.165) is 16.0 Å². The molecule has 10 heteroatoms. The van der Waals surface area contributed by atoms with Gasteiger partial charge in [0.05, 0.1) is 14.6 Å². The number of imide groups is 2. The highest BCUT2D eigenvalue weighted by Gasteiger charge is 2.36. The molecule has 0 bridgehead atoms. The highest BCUT2D eigenvalue weighted by Crippen LogP contribution is 2.37. The zero-order valence-corrected chi connectivity index (χ0v) is 22.0. The molecule has 3 aromatic carbocycles. The quantitative estimate of drug-likeness (QED) is 0.302. The van der Waals surface area contributed by atoms with Crippen LogP contribution in [0.2, 0.25) is 0 Å². The van der Waals surface area contributed by atoms with Gasteiger partial charge in [-0.15, -0.1) is 0 Å². The fourth-order valence-electron chi connectivity index (χ4n) is 3.74. The van der Waals surface area contributed by atoms with Crippen molar-refractivity contribution < 1.29 is 28.6 Å². The number of aryl methyl sites for hydroxylation is 1. The molecule has 2 aliphatic rings. The first kappa shape index (κ1) is 24.1. The van der Waals surface area contributed by atoms with Gasteiger partial charge in [0.1, 0.15) is 17.9 Å². The van der Waals surface area contributed by atoms with Crippen LogP contribution in [0.15, 0.2) is 69.1 Å². The van der Waals surface area contributed by atoms with Crippen molar-refractivity contribution in [1.82, 2.24) is 5.32 Å². The number of rotatable bonds is 5. The molecule has 36 heavy (non-hydrogen) atoms. The molecule has 0 atom stereocenters. The maximum atomic E-state index is 13.1. The molecule has 0 spiro atoms. The van der Waals surface area contributed by atoms with E-state index in [1.165, 1.54) is 6.08 Å². The predicted molar refractivity (Wildman–Crippen MR) is 139 cm³/mol. The molecule has 2 aliphatic heterocycles. The maximum Gasteiger partial charge on any atom is 0.335 e. The van der Waals surface area contributed by atoms with Crippen LogP contribution >= 0.6 is 31.9 Å². The summed E-state index contributed by atoms with van der Waals surface area (Å²) in [5.74, 6) is 0.449. The number of hydrogen-bond donors (Lipinski definition) is 1. The Labute approximate surface area is 223 Å². The third-order valence-corrected chi connectivity index (χ3v) is 6.72. The van der Waals surface area contributed by atoms with Crippen molar-refractivity contribution in [1.29, 1.82) is 0 Å². The van der Waals surface area contributed by atoms with Crippen LogP contribution in [0.3, 0.4) is 0 Å². The summed E-state index contributed by atoms with van der Waals surface area (Å²) in [6.07, 6.45) is 1.43. The van der Waals surface area contributed by atoms with Crippen molar-refractivity contribution in [3.05, 3.63) is 85.8 Å². The number of halogens is 2. The molecule has 0 saturated carbocycles. The molecule has 1 fully saturated rings. The lowest BCUT2D eigenvalue weighted by molar-refractivity contribution is -0.122. The first-order chi connectivity index (χ1) is 17.3. The topological polar surface area (TPSA) is 94.2 Å². The van der Waals surface area contributed by atoms with E-state index in [-0.39, 0.29) is 19.0 Å². The molecule has 1 saturated heterocycles. The lowest BCUT2D eigenvalue weighted by Crippen LogP contribution is -2.54. The van der Waals surface area contributed by atoms with Crippen LogP contribution in [0, 0.1) is 6.92 Å². The highest BCUT2D eigenvalue weighted by molar-refractivity contribution is 9.11. The standard InChI is InChI=1S/C26H18Br2N2O6/c1-14-2-5-17(6-3-14)30-25(32)18(24(31)29-26(30)33)8-16-9-19(27)23(20(28)10-16)34-12-15-4-7-21-22(11-15)36-13-35-21/h2-11H,12-13H2,1H3,(H,29,31,33)/b18-8+. The van der Waals surface area contributed by atoms with Crippen LogP contribution < -0.4 is 24.4 Å². The number of hydrogen-bond acceptors (Lipinski definition) is 6. The van der Waals surface area contributed by atoms with Crippen molar-refractivity contribution in [2.24, 2.45) is 0 Å². The summed E-state index contributed by atoms with van der Waals surface area (Å²) in [6, 6.07) is 15.1. The van der Waals surface area contributed by atoms with E-state index >= 15 is 0 Å². The molecule has 8 nitrogen and oxygen atoms in total. The molecule has 4 amide bonds. The van der Waals surface area contributed by atoms with Crippen molar-refractivity contribution in [2.45, 2.75) is 13.5 Å². The number of urea groups is 1. The summed E-state index contributed by atoms with van der Waals surface area (Å²) >= 11 is 7.00. The van der Waals surface area contributed by atoms with Gasteiger partial charge < -0.3 is 14.2 Å². The summed E-state index contributed by atoms with van der Waals surface area (Å²) < 4.78 is 17.9. The van der Waals surface area contributed by atoms with Gasteiger partial charge in [-0.1, -0.05) is 23.8 Å². The minimum atomic E-state index is -0.791. The molecule has 5 rings (SSSR count). The highest BCUT2D eigenvalue weighted by atomic mass is 79.9. The van der Waals surface area contributed by atoms with Crippen molar-refractivity contribution in [3.63, 3.8) is 0 Å². The Morgan fingerprint density at radius 3 is 2.39 bits per heavy atom. The van der Waals surface area contributed by atoms with Crippen LogP contribution in [0.25, 0.3) is 6.08 Å². The summed E-state index contributed by atoms with van der Waals surface area (Å²) in [4.78, 5) is 39.0. The molecule has 2 heterocycles. The monoisotopic (exact) mass is 612 g/mol. The number of benzene rings is 3. The maximum absolute atomic E-state index is 13.1. The number of carbonyl (C=O) groups excluding carboxylic acids is 3. The largest absolute Gasteiger partial charge is 0.487 e. The Morgan fingerprint density at radius 1 is 0.972 bits per heavy atom. The molecular weight excluding hydrogens is 596 g/mol. The predicted octanol–water partition coefficient (Wildman–Crippen LogP) is 5.49. The number of barbiturate groups is 1. The summed E-state index contributed by atoms with van der Waals surface area (Å²) in [6.45, 7) is 2.38. The van der Waals surface area contributed by atoms with Gasteiger partial charge >= 0.3 is 6.03 Å². The van der Waals surface area contributed by atoms with Gasteiger partial charge in [-0.2, -0.15) is 0 Å². The van der Waals surface area contributed by atoms with E-state index in [1.54, 1.807) is 36.4 Å².